The van der Waals surface area contributed by atoms with Gasteiger partial charge in [-0.05, 0) is 86.3 Å². The first-order valence-electron chi connectivity index (χ1n) is 9.06. The van der Waals surface area contributed by atoms with Crippen LogP contribution in [0.4, 0.5) is 4.39 Å². The van der Waals surface area contributed by atoms with Crippen molar-refractivity contribution < 1.29 is 9.18 Å². The summed E-state index contributed by atoms with van der Waals surface area (Å²) in [6.45, 7) is 1.98. The number of benzene rings is 1. The van der Waals surface area contributed by atoms with Gasteiger partial charge in [0.1, 0.15) is 5.82 Å². The maximum Gasteiger partial charge on any atom is 0.221 e. The Bertz CT molecular complexity index is 559. The highest BCUT2D eigenvalue weighted by atomic mass is 19.1. The normalized spacial score (nSPS) is 36.0. The summed E-state index contributed by atoms with van der Waals surface area (Å²) in [4.78, 5) is 12.6. The van der Waals surface area contributed by atoms with Crippen molar-refractivity contribution in [3.8, 4) is 0 Å². The monoisotopic (exact) mass is 315 g/mol. The minimum atomic E-state index is -0.235. The molecule has 4 saturated carbocycles. The summed E-state index contributed by atoms with van der Waals surface area (Å²) in [5.74, 6) is 2.57. The molecule has 4 bridgehead atoms. The Hall–Kier alpha value is -1.38. The van der Waals surface area contributed by atoms with Gasteiger partial charge >= 0.3 is 0 Å². The first kappa shape index (κ1) is 15.2. The highest BCUT2D eigenvalue weighted by Gasteiger charge is 2.51. The second-order valence-corrected chi connectivity index (χ2v) is 8.44. The fraction of sp³-hybridized carbons (Fsp3) is 0.650. The van der Waals surface area contributed by atoms with Crippen molar-refractivity contribution in [2.24, 2.45) is 23.2 Å². The number of amides is 1. The number of hydrogen-bond acceptors (Lipinski definition) is 1. The third-order valence-corrected chi connectivity index (χ3v) is 6.45. The minimum Gasteiger partial charge on any atom is -0.350 e. The molecule has 4 fully saturated rings. The maximum atomic E-state index is 13.0. The molecular formula is C20H26FNO. The molecule has 1 N–H and O–H groups in total. The van der Waals surface area contributed by atoms with Crippen molar-refractivity contribution in [1.29, 1.82) is 0 Å². The molecule has 5 rings (SSSR count). The zero-order valence-corrected chi connectivity index (χ0v) is 13.9. The summed E-state index contributed by atoms with van der Waals surface area (Å²) >= 11 is 0. The third-order valence-electron chi connectivity index (χ3n) is 6.45. The van der Waals surface area contributed by atoms with E-state index in [-0.39, 0.29) is 23.2 Å². The van der Waals surface area contributed by atoms with E-state index in [0.717, 1.165) is 23.3 Å². The largest absolute Gasteiger partial charge is 0.350 e. The molecule has 0 radical (unpaired) electrons. The van der Waals surface area contributed by atoms with Crippen LogP contribution in [0, 0.1) is 29.0 Å². The minimum absolute atomic E-state index is 0.0583. The Kier molecular flexibility index (Phi) is 3.70. The van der Waals surface area contributed by atoms with Crippen LogP contribution in [0.1, 0.15) is 63.5 Å². The van der Waals surface area contributed by atoms with Gasteiger partial charge in [-0.3, -0.25) is 4.79 Å². The lowest BCUT2D eigenvalue weighted by Crippen LogP contribution is -2.48. The molecule has 0 aromatic heterocycles. The van der Waals surface area contributed by atoms with Gasteiger partial charge in [-0.25, -0.2) is 4.39 Å². The summed E-state index contributed by atoms with van der Waals surface area (Å²) in [5, 5.41) is 3.13. The van der Waals surface area contributed by atoms with Crippen LogP contribution in [-0.2, 0) is 4.79 Å². The number of nitrogens with one attached hydrogen (secondary N) is 1. The van der Waals surface area contributed by atoms with Gasteiger partial charge in [0, 0.05) is 6.42 Å². The zero-order chi connectivity index (χ0) is 16.0. The molecule has 0 unspecified atom stereocenters. The van der Waals surface area contributed by atoms with Crippen molar-refractivity contribution >= 4 is 5.91 Å². The van der Waals surface area contributed by atoms with E-state index in [1.54, 1.807) is 12.1 Å². The van der Waals surface area contributed by atoms with Gasteiger partial charge < -0.3 is 5.32 Å². The first-order chi connectivity index (χ1) is 11.0. The van der Waals surface area contributed by atoms with Crippen LogP contribution in [-0.4, -0.2) is 5.91 Å². The molecule has 0 aliphatic heterocycles. The van der Waals surface area contributed by atoms with Gasteiger partial charge in [0.25, 0.3) is 0 Å². The Morgan fingerprint density at radius 1 is 1.13 bits per heavy atom. The summed E-state index contributed by atoms with van der Waals surface area (Å²) in [5.41, 5.74) is 1.24. The maximum absolute atomic E-state index is 13.0. The van der Waals surface area contributed by atoms with E-state index >= 15 is 0 Å². The quantitative estimate of drug-likeness (QED) is 0.864. The summed E-state index contributed by atoms with van der Waals surface area (Å²) in [6, 6.07) is 6.36. The van der Waals surface area contributed by atoms with Crippen LogP contribution in [0.3, 0.4) is 0 Å². The molecule has 2 nitrogen and oxygen atoms in total. The summed E-state index contributed by atoms with van der Waals surface area (Å²) in [6.07, 6.45) is 8.70. The molecule has 23 heavy (non-hydrogen) atoms. The van der Waals surface area contributed by atoms with Crippen LogP contribution >= 0.6 is 0 Å². The molecule has 4 aliphatic carbocycles. The van der Waals surface area contributed by atoms with Crippen molar-refractivity contribution in [2.45, 2.75) is 57.9 Å². The Morgan fingerprint density at radius 3 is 2.17 bits per heavy atom. The molecule has 124 valence electrons. The van der Waals surface area contributed by atoms with E-state index in [1.807, 2.05) is 6.92 Å². The van der Waals surface area contributed by atoms with Gasteiger partial charge in [-0.1, -0.05) is 12.1 Å². The standard InChI is InChI=1S/C20H26FNO/c1-13(17-2-4-18(21)5-3-17)22-19(23)12-20-9-14-6-15(10-20)8-16(7-14)11-20/h2-5,13-16H,6-12H2,1H3,(H,22,23)/t13-,14?,15?,16?,20?/m0/s1. The van der Waals surface area contributed by atoms with Gasteiger partial charge in [0.15, 0.2) is 0 Å². The molecule has 3 heteroatoms. The van der Waals surface area contributed by atoms with Crippen LogP contribution < -0.4 is 5.32 Å². The van der Waals surface area contributed by atoms with Gasteiger partial charge in [-0.15, -0.1) is 0 Å². The number of carbonyl (C=O) groups is 1. The molecule has 1 aromatic rings. The Morgan fingerprint density at radius 2 is 1.65 bits per heavy atom. The van der Waals surface area contributed by atoms with Crippen molar-refractivity contribution in [2.75, 3.05) is 0 Å². The van der Waals surface area contributed by atoms with Crippen LogP contribution in [0.5, 0.6) is 0 Å². The van der Waals surface area contributed by atoms with Crippen molar-refractivity contribution in [1.82, 2.24) is 5.32 Å². The molecular weight excluding hydrogens is 289 g/mol. The smallest absolute Gasteiger partial charge is 0.221 e. The number of halogens is 1. The Labute approximate surface area is 137 Å². The average Bonchev–Trinajstić information content (AvgIpc) is 2.45. The second-order valence-electron chi connectivity index (χ2n) is 8.44. The van der Waals surface area contributed by atoms with E-state index in [9.17, 15) is 9.18 Å². The van der Waals surface area contributed by atoms with Crippen LogP contribution in [0.15, 0.2) is 24.3 Å². The van der Waals surface area contributed by atoms with E-state index in [1.165, 1.54) is 50.7 Å². The fourth-order valence-electron chi connectivity index (χ4n) is 5.97. The summed E-state index contributed by atoms with van der Waals surface area (Å²) in [7, 11) is 0. The average molecular weight is 315 g/mol. The molecule has 0 heterocycles. The lowest BCUT2D eigenvalue weighted by atomic mass is 9.49. The van der Waals surface area contributed by atoms with Gasteiger partial charge in [-0.2, -0.15) is 0 Å². The van der Waals surface area contributed by atoms with Gasteiger partial charge in [0.05, 0.1) is 6.04 Å². The number of carbonyl (C=O) groups excluding carboxylic acids is 1. The molecule has 0 saturated heterocycles. The highest BCUT2D eigenvalue weighted by molar-refractivity contribution is 5.77. The molecule has 1 amide bonds. The van der Waals surface area contributed by atoms with E-state index in [0.29, 0.717) is 6.42 Å². The number of hydrogen-bond donors (Lipinski definition) is 1. The van der Waals surface area contributed by atoms with E-state index in [4.69, 9.17) is 0 Å². The lowest BCUT2D eigenvalue weighted by Gasteiger charge is -2.56. The lowest BCUT2D eigenvalue weighted by molar-refractivity contribution is -0.130. The Balaban J connectivity index is 1.39. The van der Waals surface area contributed by atoms with E-state index in [2.05, 4.69) is 5.32 Å². The topological polar surface area (TPSA) is 29.1 Å². The van der Waals surface area contributed by atoms with E-state index < -0.39 is 0 Å². The third kappa shape index (κ3) is 3.02. The second kappa shape index (κ2) is 5.61. The predicted molar refractivity (Wildman–Crippen MR) is 88.2 cm³/mol. The SMILES string of the molecule is C[C@H](NC(=O)CC12CC3CC(CC(C3)C1)C2)c1ccc(F)cc1. The van der Waals surface area contributed by atoms with Crippen molar-refractivity contribution in [3.63, 3.8) is 0 Å². The number of rotatable bonds is 4. The van der Waals surface area contributed by atoms with Gasteiger partial charge in [0.2, 0.25) is 5.91 Å². The highest BCUT2D eigenvalue weighted by Crippen LogP contribution is 2.61. The van der Waals surface area contributed by atoms with Crippen LogP contribution in [0.25, 0.3) is 0 Å². The predicted octanol–water partition coefficient (Wildman–Crippen LogP) is 4.61. The summed E-state index contributed by atoms with van der Waals surface area (Å²) < 4.78 is 13.0. The van der Waals surface area contributed by atoms with Crippen LogP contribution in [0.2, 0.25) is 0 Å². The first-order valence-corrected chi connectivity index (χ1v) is 9.06. The molecule has 0 spiro atoms. The molecule has 4 aliphatic rings. The zero-order valence-electron chi connectivity index (χ0n) is 13.9. The molecule has 1 atom stereocenters. The molecule has 1 aromatic carbocycles. The van der Waals surface area contributed by atoms with Crippen molar-refractivity contribution in [3.05, 3.63) is 35.6 Å². The fourth-order valence-corrected chi connectivity index (χ4v) is 5.97.